The van der Waals surface area contributed by atoms with E-state index in [9.17, 15) is 9.59 Å². The monoisotopic (exact) mass is 349 g/mol. The number of rotatable bonds is 8. The molecule has 132 valence electrons. The zero-order chi connectivity index (χ0) is 17.4. The number of thioether (sulfide) groups is 1. The fourth-order valence-electron chi connectivity index (χ4n) is 2.89. The van der Waals surface area contributed by atoms with E-state index < -0.39 is 6.04 Å². The number of amides is 2. The van der Waals surface area contributed by atoms with Gasteiger partial charge in [-0.3, -0.25) is 9.59 Å². The maximum Gasteiger partial charge on any atom is 0.237 e. The molecule has 4 N–H and O–H groups in total. The van der Waals surface area contributed by atoms with Gasteiger partial charge in [-0.1, -0.05) is 25.0 Å². The number of anilines is 1. The van der Waals surface area contributed by atoms with E-state index >= 15 is 0 Å². The molecule has 1 aromatic rings. The second kappa shape index (κ2) is 9.69. The SMILES string of the molecule is CSCC[C@H](N)C(=O)NCc1cccc(NC(=O)C2CCCC2)c1. The first-order valence-corrected chi connectivity index (χ1v) is 9.91. The van der Waals surface area contributed by atoms with Crippen LogP contribution in [0.2, 0.25) is 0 Å². The highest BCUT2D eigenvalue weighted by Gasteiger charge is 2.22. The topological polar surface area (TPSA) is 84.2 Å². The second-order valence-corrected chi connectivity index (χ2v) is 7.26. The second-order valence-electron chi connectivity index (χ2n) is 6.28. The molecule has 1 atom stereocenters. The maximum atomic E-state index is 12.2. The largest absolute Gasteiger partial charge is 0.351 e. The standard InChI is InChI=1S/C18H27N3O2S/c1-24-10-9-16(19)18(23)20-12-13-5-4-8-15(11-13)21-17(22)14-6-2-3-7-14/h4-5,8,11,14,16H,2-3,6-7,9-10,12,19H2,1H3,(H,20,23)(H,21,22)/t16-/m0/s1. The summed E-state index contributed by atoms with van der Waals surface area (Å²) in [7, 11) is 0. The van der Waals surface area contributed by atoms with Crippen molar-refractivity contribution in [3.8, 4) is 0 Å². The molecule has 2 amide bonds. The molecule has 1 fully saturated rings. The molecule has 0 heterocycles. The Labute approximate surface area is 148 Å². The number of carbonyl (C=O) groups is 2. The van der Waals surface area contributed by atoms with Gasteiger partial charge < -0.3 is 16.4 Å². The molecule has 1 aromatic carbocycles. The number of benzene rings is 1. The van der Waals surface area contributed by atoms with Gasteiger partial charge in [0.05, 0.1) is 6.04 Å². The van der Waals surface area contributed by atoms with Crippen molar-refractivity contribution in [3.05, 3.63) is 29.8 Å². The molecule has 0 radical (unpaired) electrons. The first-order valence-electron chi connectivity index (χ1n) is 8.52. The van der Waals surface area contributed by atoms with Gasteiger partial charge in [0.2, 0.25) is 11.8 Å². The molecule has 0 aliphatic heterocycles. The minimum Gasteiger partial charge on any atom is -0.351 e. The first kappa shape index (κ1) is 18.8. The summed E-state index contributed by atoms with van der Waals surface area (Å²) in [6.45, 7) is 0.416. The summed E-state index contributed by atoms with van der Waals surface area (Å²) in [6, 6.07) is 7.13. The van der Waals surface area contributed by atoms with E-state index in [4.69, 9.17) is 5.73 Å². The Balaban J connectivity index is 1.83. The van der Waals surface area contributed by atoms with Crippen molar-refractivity contribution in [2.45, 2.75) is 44.7 Å². The quantitative estimate of drug-likeness (QED) is 0.673. The number of hydrogen-bond donors (Lipinski definition) is 3. The van der Waals surface area contributed by atoms with E-state index in [1.54, 1.807) is 11.8 Å². The van der Waals surface area contributed by atoms with Crippen LogP contribution < -0.4 is 16.4 Å². The van der Waals surface area contributed by atoms with Gasteiger partial charge in [-0.05, 0) is 49.0 Å². The van der Waals surface area contributed by atoms with E-state index in [-0.39, 0.29) is 17.7 Å². The Morgan fingerprint density at radius 3 is 2.79 bits per heavy atom. The summed E-state index contributed by atoms with van der Waals surface area (Å²) < 4.78 is 0. The Kier molecular flexibility index (Phi) is 7.59. The van der Waals surface area contributed by atoms with Crippen LogP contribution in [-0.4, -0.2) is 29.9 Å². The van der Waals surface area contributed by atoms with E-state index in [0.717, 1.165) is 42.7 Å². The van der Waals surface area contributed by atoms with Gasteiger partial charge in [-0.25, -0.2) is 0 Å². The number of carbonyl (C=O) groups excluding carboxylic acids is 2. The third-order valence-corrected chi connectivity index (χ3v) is 5.00. The van der Waals surface area contributed by atoms with Gasteiger partial charge in [-0.15, -0.1) is 0 Å². The Hall–Kier alpha value is -1.53. The summed E-state index contributed by atoms with van der Waals surface area (Å²) in [4.78, 5) is 24.1. The van der Waals surface area contributed by atoms with Crippen LogP contribution >= 0.6 is 11.8 Å². The highest BCUT2D eigenvalue weighted by Crippen LogP contribution is 2.26. The van der Waals surface area contributed by atoms with Crippen molar-refractivity contribution in [2.75, 3.05) is 17.3 Å². The Bertz CT molecular complexity index is 559. The molecule has 2 rings (SSSR count). The van der Waals surface area contributed by atoms with E-state index in [1.165, 1.54) is 0 Å². The minimum absolute atomic E-state index is 0.104. The maximum absolute atomic E-state index is 12.2. The molecule has 0 bridgehead atoms. The summed E-state index contributed by atoms with van der Waals surface area (Å²) in [5, 5.41) is 5.84. The fourth-order valence-corrected chi connectivity index (χ4v) is 3.38. The lowest BCUT2D eigenvalue weighted by atomic mass is 10.1. The molecular weight excluding hydrogens is 322 g/mol. The average molecular weight is 350 g/mol. The van der Waals surface area contributed by atoms with Crippen LogP contribution in [0.1, 0.15) is 37.7 Å². The van der Waals surface area contributed by atoms with Crippen LogP contribution in [0.4, 0.5) is 5.69 Å². The fraction of sp³-hybridized carbons (Fsp3) is 0.556. The van der Waals surface area contributed by atoms with Gasteiger partial charge in [-0.2, -0.15) is 11.8 Å². The van der Waals surface area contributed by atoms with E-state index in [0.29, 0.717) is 13.0 Å². The van der Waals surface area contributed by atoms with E-state index in [2.05, 4.69) is 10.6 Å². The first-order chi connectivity index (χ1) is 11.6. The molecule has 0 unspecified atom stereocenters. The number of hydrogen-bond acceptors (Lipinski definition) is 4. The molecule has 0 aromatic heterocycles. The third kappa shape index (κ3) is 5.83. The lowest BCUT2D eigenvalue weighted by Gasteiger charge is -2.13. The van der Waals surface area contributed by atoms with Crippen molar-refractivity contribution in [1.82, 2.24) is 5.32 Å². The summed E-state index contributed by atoms with van der Waals surface area (Å²) in [6.07, 6.45) is 6.91. The smallest absolute Gasteiger partial charge is 0.237 e. The molecular formula is C18H27N3O2S. The number of nitrogens with two attached hydrogens (primary N) is 1. The molecule has 1 saturated carbocycles. The van der Waals surface area contributed by atoms with Gasteiger partial charge in [0.15, 0.2) is 0 Å². The molecule has 1 aliphatic carbocycles. The van der Waals surface area contributed by atoms with Crippen LogP contribution in [0.5, 0.6) is 0 Å². The number of nitrogens with one attached hydrogen (secondary N) is 2. The predicted octanol–water partition coefficient (Wildman–Crippen LogP) is 2.51. The van der Waals surface area contributed by atoms with Crippen LogP contribution in [0, 0.1) is 5.92 Å². The van der Waals surface area contributed by atoms with Crippen LogP contribution in [0.3, 0.4) is 0 Å². The molecule has 5 nitrogen and oxygen atoms in total. The van der Waals surface area contributed by atoms with Crippen LogP contribution in [0.25, 0.3) is 0 Å². The van der Waals surface area contributed by atoms with Crippen molar-refractivity contribution < 1.29 is 9.59 Å². The van der Waals surface area contributed by atoms with E-state index in [1.807, 2.05) is 30.5 Å². The van der Waals surface area contributed by atoms with Crippen molar-refractivity contribution in [1.29, 1.82) is 0 Å². The summed E-state index contributed by atoms with van der Waals surface area (Å²) in [5.74, 6) is 0.983. The highest BCUT2D eigenvalue weighted by atomic mass is 32.2. The van der Waals surface area contributed by atoms with Gasteiger partial charge in [0, 0.05) is 18.2 Å². The van der Waals surface area contributed by atoms with Gasteiger partial charge in [0.25, 0.3) is 0 Å². The predicted molar refractivity (Wildman–Crippen MR) is 99.9 cm³/mol. The lowest BCUT2D eigenvalue weighted by Crippen LogP contribution is -2.40. The zero-order valence-electron chi connectivity index (χ0n) is 14.2. The zero-order valence-corrected chi connectivity index (χ0v) is 15.0. The minimum atomic E-state index is -0.470. The van der Waals surface area contributed by atoms with Gasteiger partial charge in [0.1, 0.15) is 0 Å². The Morgan fingerprint density at radius 2 is 2.08 bits per heavy atom. The van der Waals surface area contributed by atoms with Crippen molar-refractivity contribution in [2.24, 2.45) is 11.7 Å². The van der Waals surface area contributed by atoms with Crippen LogP contribution in [0.15, 0.2) is 24.3 Å². The summed E-state index contributed by atoms with van der Waals surface area (Å²) >= 11 is 1.68. The highest BCUT2D eigenvalue weighted by molar-refractivity contribution is 7.98. The molecule has 24 heavy (non-hydrogen) atoms. The lowest BCUT2D eigenvalue weighted by molar-refractivity contribution is -0.122. The van der Waals surface area contributed by atoms with Crippen molar-refractivity contribution in [3.63, 3.8) is 0 Å². The van der Waals surface area contributed by atoms with Crippen molar-refractivity contribution >= 4 is 29.3 Å². The molecule has 0 spiro atoms. The van der Waals surface area contributed by atoms with Crippen LogP contribution in [-0.2, 0) is 16.1 Å². The van der Waals surface area contributed by atoms with Gasteiger partial charge >= 0.3 is 0 Å². The molecule has 6 heteroatoms. The molecule has 0 saturated heterocycles. The third-order valence-electron chi connectivity index (χ3n) is 4.36. The summed E-state index contributed by atoms with van der Waals surface area (Å²) in [5.41, 5.74) is 7.58. The Morgan fingerprint density at radius 1 is 1.33 bits per heavy atom. The normalized spacial score (nSPS) is 15.9. The average Bonchev–Trinajstić information content (AvgIpc) is 3.12. The molecule has 1 aliphatic rings.